The monoisotopic (exact) mass is 329 g/mol. The zero-order chi connectivity index (χ0) is 16.7. The van der Waals surface area contributed by atoms with Crippen molar-refractivity contribution in [3.8, 4) is 11.5 Å². The van der Waals surface area contributed by atoms with Crippen molar-refractivity contribution in [3.63, 3.8) is 0 Å². The van der Waals surface area contributed by atoms with Gasteiger partial charge in [0, 0.05) is 12.0 Å². The maximum Gasteiger partial charge on any atom is 0.129 e. The summed E-state index contributed by atoms with van der Waals surface area (Å²) in [4.78, 5) is 0. The van der Waals surface area contributed by atoms with Crippen LogP contribution < -0.4 is 4.72 Å². The number of hydrogen-bond donors (Lipinski definition) is 1. The molecule has 0 spiro atoms. The first kappa shape index (κ1) is 20.9. The highest BCUT2D eigenvalue weighted by Crippen LogP contribution is 2.22. The first-order chi connectivity index (χ1) is 9.40. The van der Waals surface area contributed by atoms with E-state index in [0.717, 1.165) is 19.3 Å². The molecule has 1 N–H and O–H groups in total. The molecule has 0 fully saturated rings. The Morgan fingerprint density at radius 1 is 1.10 bits per heavy atom. The third-order valence-electron chi connectivity index (χ3n) is 3.17. The van der Waals surface area contributed by atoms with E-state index in [2.05, 4.69) is 49.7 Å². The van der Waals surface area contributed by atoms with Crippen LogP contribution in [0.25, 0.3) is 0 Å². The molecule has 124 valence electrons. The van der Waals surface area contributed by atoms with Crippen LogP contribution in [0.2, 0.25) is 19.6 Å². The van der Waals surface area contributed by atoms with E-state index in [9.17, 15) is 4.21 Å². The first-order valence-corrected chi connectivity index (χ1v) is 12.7. The summed E-state index contributed by atoms with van der Waals surface area (Å²) in [6, 6.07) is 0. The van der Waals surface area contributed by atoms with E-state index in [-0.39, 0.29) is 10.3 Å². The number of hydrogen-bond acceptors (Lipinski definition) is 1. The Kier molecular flexibility index (Phi) is 8.46. The average Bonchev–Trinajstić information content (AvgIpc) is 2.26. The predicted octanol–water partition coefficient (Wildman–Crippen LogP) is 4.65. The lowest BCUT2D eigenvalue weighted by molar-refractivity contribution is 0.383. The molecule has 0 saturated heterocycles. The summed E-state index contributed by atoms with van der Waals surface area (Å²) in [7, 11) is -2.38. The molecule has 0 rings (SSSR count). The van der Waals surface area contributed by atoms with E-state index in [1.165, 1.54) is 12.8 Å². The zero-order valence-corrected chi connectivity index (χ0v) is 17.2. The maximum atomic E-state index is 12.4. The van der Waals surface area contributed by atoms with Crippen molar-refractivity contribution in [1.29, 1.82) is 0 Å². The molecule has 1 unspecified atom stereocenters. The summed E-state index contributed by atoms with van der Waals surface area (Å²) in [5.74, 6) is 3.36. The van der Waals surface area contributed by atoms with Gasteiger partial charge in [0.15, 0.2) is 0 Å². The molecule has 0 aromatic heterocycles. The van der Waals surface area contributed by atoms with Gasteiger partial charge in [0.05, 0.1) is 15.7 Å². The Hall–Kier alpha value is -0.113. The second kappa shape index (κ2) is 8.50. The SMILES string of the molecule is CCCCC[C@](C)(CC#C[Si](C)(C)C)NS(=O)C(C)(C)C. The number of rotatable bonds is 7. The van der Waals surface area contributed by atoms with E-state index in [4.69, 9.17) is 0 Å². The maximum absolute atomic E-state index is 12.4. The zero-order valence-electron chi connectivity index (χ0n) is 15.4. The van der Waals surface area contributed by atoms with Crippen molar-refractivity contribution in [3.05, 3.63) is 0 Å². The third-order valence-corrected chi connectivity index (χ3v) is 5.89. The van der Waals surface area contributed by atoms with Gasteiger partial charge < -0.3 is 0 Å². The number of unbranched alkanes of at least 4 members (excludes halogenated alkanes) is 2. The highest BCUT2D eigenvalue weighted by Gasteiger charge is 2.30. The van der Waals surface area contributed by atoms with Crippen LogP contribution in [-0.4, -0.2) is 22.6 Å². The molecule has 0 radical (unpaired) electrons. The van der Waals surface area contributed by atoms with Gasteiger partial charge in [-0.3, -0.25) is 0 Å². The van der Waals surface area contributed by atoms with Crippen LogP contribution in [0.5, 0.6) is 0 Å². The molecule has 21 heavy (non-hydrogen) atoms. The lowest BCUT2D eigenvalue weighted by Gasteiger charge is -2.32. The second-order valence-electron chi connectivity index (χ2n) is 8.23. The average molecular weight is 330 g/mol. The summed E-state index contributed by atoms with van der Waals surface area (Å²) in [5.41, 5.74) is 3.28. The van der Waals surface area contributed by atoms with E-state index < -0.39 is 19.1 Å². The predicted molar refractivity (Wildman–Crippen MR) is 99.3 cm³/mol. The molecular weight excluding hydrogens is 294 g/mol. The van der Waals surface area contributed by atoms with Crippen LogP contribution in [0.3, 0.4) is 0 Å². The van der Waals surface area contributed by atoms with Crippen LogP contribution in [0.1, 0.15) is 66.7 Å². The highest BCUT2D eigenvalue weighted by molar-refractivity contribution is 7.84. The van der Waals surface area contributed by atoms with Crippen molar-refractivity contribution in [2.24, 2.45) is 0 Å². The van der Waals surface area contributed by atoms with Crippen molar-refractivity contribution >= 4 is 19.1 Å². The Bertz CT molecular complexity index is 398. The van der Waals surface area contributed by atoms with Crippen molar-refractivity contribution in [1.82, 2.24) is 4.72 Å². The van der Waals surface area contributed by atoms with E-state index in [0.29, 0.717) is 0 Å². The fraction of sp³-hybridized carbons (Fsp3) is 0.882. The van der Waals surface area contributed by atoms with Crippen molar-refractivity contribution in [2.45, 2.75) is 96.6 Å². The minimum absolute atomic E-state index is 0.153. The van der Waals surface area contributed by atoms with Crippen molar-refractivity contribution < 1.29 is 4.21 Å². The van der Waals surface area contributed by atoms with E-state index in [1.54, 1.807) is 0 Å². The van der Waals surface area contributed by atoms with Gasteiger partial charge in [-0.1, -0.05) is 45.8 Å². The van der Waals surface area contributed by atoms with Crippen molar-refractivity contribution in [2.75, 3.05) is 0 Å². The van der Waals surface area contributed by atoms with Crippen LogP contribution in [0.15, 0.2) is 0 Å². The van der Waals surface area contributed by atoms with Gasteiger partial charge in [-0.25, -0.2) is 8.93 Å². The summed E-state index contributed by atoms with van der Waals surface area (Å²) in [6.07, 6.45) is 5.40. The standard InChI is InChI=1S/C17H35NOSSi/c1-9-10-11-13-17(5,14-12-15-21(6,7)8)18-20(19)16(2,3)4/h18H,9-11,13-14H2,1-8H3/t17-,20?/m1/s1. The molecule has 0 aliphatic heterocycles. The minimum atomic E-state index is -1.34. The molecule has 0 aromatic rings. The minimum Gasteiger partial charge on any atom is -0.242 e. The Morgan fingerprint density at radius 3 is 2.10 bits per heavy atom. The Balaban J connectivity index is 4.91. The Labute approximate surface area is 136 Å². The van der Waals surface area contributed by atoms with Gasteiger partial charge in [-0.15, -0.1) is 11.5 Å². The van der Waals surface area contributed by atoms with E-state index >= 15 is 0 Å². The van der Waals surface area contributed by atoms with Crippen LogP contribution >= 0.6 is 0 Å². The molecule has 0 aliphatic carbocycles. The molecule has 0 aromatic carbocycles. The van der Waals surface area contributed by atoms with Gasteiger partial charge in [0.2, 0.25) is 0 Å². The molecular formula is C17H35NOSSi. The van der Waals surface area contributed by atoms with Crippen LogP contribution in [0, 0.1) is 11.5 Å². The fourth-order valence-electron chi connectivity index (χ4n) is 1.82. The summed E-state index contributed by atoms with van der Waals surface area (Å²) in [6.45, 7) is 17.2. The lowest BCUT2D eigenvalue weighted by Crippen LogP contribution is -2.48. The summed E-state index contributed by atoms with van der Waals surface area (Å²) >= 11 is 0. The number of nitrogens with one attached hydrogen (secondary N) is 1. The largest absolute Gasteiger partial charge is 0.242 e. The summed E-state index contributed by atoms with van der Waals surface area (Å²) in [5, 5.41) is 0. The van der Waals surface area contributed by atoms with Gasteiger partial charge in [-0.05, 0) is 34.1 Å². The quantitative estimate of drug-likeness (QED) is 0.411. The Morgan fingerprint density at radius 2 is 1.67 bits per heavy atom. The normalized spacial score (nSPS) is 16.8. The molecule has 0 saturated carbocycles. The molecule has 4 heteroatoms. The first-order valence-electron chi connectivity index (χ1n) is 8.09. The molecule has 0 aliphatic rings. The van der Waals surface area contributed by atoms with Gasteiger partial charge >= 0.3 is 0 Å². The topological polar surface area (TPSA) is 29.1 Å². The molecule has 0 amide bonds. The third kappa shape index (κ3) is 10.3. The molecule has 2 nitrogen and oxygen atoms in total. The van der Waals surface area contributed by atoms with Crippen LogP contribution in [-0.2, 0) is 11.0 Å². The second-order valence-corrected chi connectivity index (χ2v) is 14.9. The van der Waals surface area contributed by atoms with Gasteiger partial charge in [-0.2, -0.15) is 0 Å². The van der Waals surface area contributed by atoms with Gasteiger partial charge in [0.25, 0.3) is 0 Å². The van der Waals surface area contributed by atoms with E-state index in [1.807, 2.05) is 20.8 Å². The van der Waals surface area contributed by atoms with Crippen LogP contribution in [0.4, 0.5) is 0 Å². The van der Waals surface area contributed by atoms with Gasteiger partial charge in [0.1, 0.15) is 8.07 Å². The summed E-state index contributed by atoms with van der Waals surface area (Å²) < 4.78 is 15.6. The highest BCUT2D eigenvalue weighted by atomic mass is 32.2. The fourth-order valence-corrected chi connectivity index (χ4v) is 3.37. The smallest absolute Gasteiger partial charge is 0.129 e. The lowest BCUT2D eigenvalue weighted by atomic mass is 9.92. The molecule has 0 heterocycles. The molecule has 0 bridgehead atoms. The molecule has 2 atom stereocenters.